The Morgan fingerprint density at radius 3 is 2.69 bits per heavy atom. The molecule has 2 N–H and O–H groups in total. The number of nitrogens with one attached hydrogen (secondary N) is 2. The summed E-state index contributed by atoms with van der Waals surface area (Å²) < 4.78 is 4.56. The Morgan fingerprint density at radius 1 is 1.25 bits per heavy atom. The van der Waals surface area contributed by atoms with Crippen LogP contribution in [0.25, 0.3) is 0 Å². The third kappa shape index (κ3) is 2.71. The molecule has 2 aromatic rings. The summed E-state index contributed by atoms with van der Waals surface area (Å²) in [7, 11) is 0. The summed E-state index contributed by atoms with van der Waals surface area (Å²) in [6, 6.07) is 4.28. The molecule has 0 bridgehead atoms. The summed E-state index contributed by atoms with van der Waals surface area (Å²) in [5.41, 5.74) is 0. The van der Waals surface area contributed by atoms with E-state index in [0.717, 1.165) is 0 Å². The molecule has 0 aliphatic heterocycles. The topological polar surface area (TPSA) is 80.0 Å². The van der Waals surface area contributed by atoms with Crippen molar-refractivity contribution in [1.29, 1.82) is 0 Å². The van der Waals surface area contributed by atoms with Crippen LogP contribution in [0.1, 0.15) is 0 Å². The number of nitrogens with zero attached hydrogens (tertiary/aromatic N) is 2. The van der Waals surface area contributed by atoms with Crippen LogP contribution in [-0.4, -0.2) is 16.2 Å². The van der Waals surface area contributed by atoms with Gasteiger partial charge in [-0.2, -0.15) is 0 Å². The lowest BCUT2D eigenvalue weighted by atomic mass is 10.4. The minimum absolute atomic E-state index is 0.325. The summed E-state index contributed by atoms with van der Waals surface area (Å²) in [4.78, 5) is 15.3. The Labute approximate surface area is 95.6 Å². The van der Waals surface area contributed by atoms with Crippen molar-refractivity contribution >= 4 is 29.3 Å². The molecule has 0 fully saturated rings. The molecule has 0 saturated carbocycles. The average Bonchev–Trinajstić information content (AvgIpc) is 2.74. The maximum atomic E-state index is 11.4. The van der Waals surface area contributed by atoms with Crippen molar-refractivity contribution in [3.05, 3.63) is 35.7 Å². The molecule has 2 aromatic heterocycles. The summed E-state index contributed by atoms with van der Waals surface area (Å²) in [6.45, 7) is 0. The van der Waals surface area contributed by atoms with Gasteiger partial charge in [0.25, 0.3) is 0 Å². The number of urea groups is 1. The quantitative estimate of drug-likeness (QED) is 0.842. The molecule has 0 atom stereocenters. The van der Waals surface area contributed by atoms with Gasteiger partial charge in [0.2, 0.25) is 0 Å². The van der Waals surface area contributed by atoms with Gasteiger partial charge in [-0.05, 0) is 12.1 Å². The first kappa shape index (κ1) is 10.4. The number of halogens is 1. The first-order chi connectivity index (χ1) is 7.74. The maximum Gasteiger partial charge on any atom is 0.326 e. The van der Waals surface area contributed by atoms with E-state index < -0.39 is 6.03 Å². The fourth-order valence-electron chi connectivity index (χ4n) is 0.991. The van der Waals surface area contributed by atoms with E-state index in [2.05, 4.69) is 25.3 Å². The van der Waals surface area contributed by atoms with Gasteiger partial charge in [0.1, 0.15) is 12.1 Å². The molecular weight excluding hydrogens is 232 g/mol. The highest BCUT2D eigenvalue weighted by molar-refractivity contribution is 6.30. The molecule has 2 rings (SSSR count). The van der Waals surface area contributed by atoms with Crippen molar-refractivity contribution < 1.29 is 9.32 Å². The largest absolute Gasteiger partial charge is 0.363 e. The van der Waals surface area contributed by atoms with Crippen molar-refractivity contribution in [2.75, 3.05) is 10.6 Å². The number of anilines is 2. The van der Waals surface area contributed by atoms with Gasteiger partial charge < -0.3 is 4.52 Å². The summed E-state index contributed by atoms with van der Waals surface area (Å²) in [6.07, 6.45) is 2.80. The molecule has 0 radical (unpaired) electrons. The molecule has 2 heterocycles. The van der Waals surface area contributed by atoms with Gasteiger partial charge in [-0.3, -0.25) is 10.6 Å². The first-order valence-corrected chi connectivity index (χ1v) is 4.72. The fourth-order valence-corrected chi connectivity index (χ4v) is 1.10. The van der Waals surface area contributed by atoms with E-state index in [9.17, 15) is 4.79 Å². The van der Waals surface area contributed by atoms with Gasteiger partial charge in [0.05, 0.1) is 5.02 Å². The lowest BCUT2D eigenvalue weighted by molar-refractivity contribution is 0.262. The number of carbonyl (C=O) groups excluding carboxylic acids is 1. The van der Waals surface area contributed by atoms with Crippen molar-refractivity contribution in [1.82, 2.24) is 10.1 Å². The average molecular weight is 239 g/mol. The van der Waals surface area contributed by atoms with E-state index in [1.165, 1.54) is 18.5 Å². The van der Waals surface area contributed by atoms with Crippen LogP contribution in [-0.2, 0) is 0 Å². The summed E-state index contributed by atoms with van der Waals surface area (Å²) >= 11 is 5.65. The minimum Gasteiger partial charge on any atom is -0.363 e. The van der Waals surface area contributed by atoms with Crippen molar-refractivity contribution in [2.45, 2.75) is 0 Å². The molecular formula is C9H7ClN4O2. The second-order valence-electron chi connectivity index (χ2n) is 2.83. The molecule has 0 saturated heterocycles. The number of amides is 2. The zero-order valence-corrected chi connectivity index (χ0v) is 8.73. The summed E-state index contributed by atoms with van der Waals surface area (Å²) in [5, 5.41) is 8.99. The van der Waals surface area contributed by atoms with Crippen molar-refractivity contribution in [2.24, 2.45) is 0 Å². The fraction of sp³-hybridized carbons (Fsp3) is 0. The Balaban J connectivity index is 1.95. The standard InChI is InChI=1S/C9H7ClN4O2/c10-6-1-2-7(11-5-6)12-9(15)13-8-3-4-16-14-8/h1-5H,(H2,11,12,13,14,15). The smallest absolute Gasteiger partial charge is 0.326 e. The lowest BCUT2D eigenvalue weighted by Gasteiger charge is -2.03. The van der Waals surface area contributed by atoms with Gasteiger partial charge in [0, 0.05) is 12.3 Å². The molecule has 0 unspecified atom stereocenters. The van der Waals surface area contributed by atoms with Crippen molar-refractivity contribution in [3.8, 4) is 0 Å². The van der Waals surface area contributed by atoms with E-state index >= 15 is 0 Å². The SMILES string of the molecule is O=C(Nc1ccc(Cl)cn1)Nc1ccon1. The predicted octanol–water partition coefficient (Wildman–Crippen LogP) is 2.37. The first-order valence-electron chi connectivity index (χ1n) is 4.34. The molecule has 0 aromatic carbocycles. The molecule has 6 nitrogen and oxygen atoms in total. The molecule has 82 valence electrons. The third-order valence-corrected chi connectivity index (χ3v) is 1.87. The van der Waals surface area contributed by atoms with Gasteiger partial charge in [-0.15, -0.1) is 0 Å². The van der Waals surface area contributed by atoms with Crippen LogP contribution < -0.4 is 10.6 Å². The number of hydrogen-bond donors (Lipinski definition) is 2. The molecule has 7 heteroatoms. The van der Waals surface area contributed by atoms with Gasteiger partial charge in [0.15, 0.2) is 5.82 Å². The normalized spacial score (nSPS) is 9.81. The zero-order valence-electron chi connectivity index (χ0n) is 7.98. The minimum atomic E-state index is -0.455. The van der Waals surface area contributed by atoms with Crippen LogP contribution in [0.15, 0.2) is 35.2 Å². The van der Waals surface area contributed by atoms with Crippen LogP contribution in [0, 0.1) is 0 Å². The Hall–Kier alpha value is -2.08. The van der Waals surface area contributed by atoms with Crippen LogP contribution in [0.3, 0.4) is 0 Å². The summed E-state index contributed by atoms with van der Waals surface area (Å²) in [5.74, 6) is 0.719. The number of aromatic nitrogens is 2. The van der Waals surface area contributed by atoms with Gasteiger partial charge in [-0.1, -0.05) is 16.8 Å². The number of hydrogen-bond acceptors (Lipinski definition) is 4. The highest BCUT2D eigenvalue weighted by Crippen LogP contribution is 2.10. The Morgan fingerprint density at radius 2 is 2.06 bits per heavy atom. The number of pyridine rings is 1. The zero-order chi connectivity index (χ0) is 11.4. The van der Waals surface area contributed by atoms with Crippen LogP contribution in [0.2, 0.25) is 5.02 Å². The van der Waals surface area contributed by atoms with Gasteiger partial charge in [-0.25, -0.2) is 9.78 Å². The van der Waals surface area contributed by atoms with Crippen LogP contribution >= 0.6 is 11.6 Å². The second-order valence-corrected chi connectivity index (χ2v) is 3.26. The van der Waals surface area contributed by atoms with E-state index in [4.69, 9.17) is 11.6 Å². The Bertz CT molecular complexity index is 469. The molecule has 16 heavy (non-hydrogen) atoms. The lowest BCUT2D eigenvalue weighted by Crippen LogP contribution is -2.20. The van der Waals surface area contributed by atoms with E-state index in [0.29, 0.717) is 16.7 Å². The van der Waals surface area contributed by atoms with Gasteiger partial charge >= 0.3 is 6.03 Å². The monoisotopic (exact) mass is 238 g/mol. The van der Waals surface area contributed by atoms with E-state index in [1.807, 2.05) is 0 Å². The van der Waals surface area contributed by atoms with Crippen molar-refractivity contribution in [3.63, 3.8) is 0 Å². The third-order valence-electron chi connectivity index (χ3n) is 1.65. The highest BCUT2D eigenvalue weighted by Gasteiger charge is 2.04. The van der Waals surface area contributed by atoms with Crippen LogP contribution in [0.4, 0.5) is 16.4 Å². The maximum absolute atomic E-state index is 11.4. The number of carbonyl (C=O) groups is 1. The highest BCUT2D eigenvalue weighted by atomic mass is 35.5. The molecule has 0 spiro atoms. The second kappa shape index (κ2) is 4.63. The predicted molar refractivity (Wildman–Crippen MR) is 58.4 cm³/mol. The molecule has 0 aliphatic carbocycles. The number of rotatable bonds is 2. The van der Waals surface area contributed by atoms with E-state index in [1.54, 1.807) is 12.1 Å². The van der Waals surface area contributed by atoms with E-state index in [-0.39, 0.29) is 0 Å². The molecule has 0 aliphatic rings. The molecule has 2 amide bonds. The van der Waals surface area contributed by atoms with Crippen LogP contribution in [0.5, 0.6) is 0 Å². The Kier molecular flexibility index (Phi) is 3.02.